The molecule has 0 amide bonds. The smallest absolute Gasteiger partial charge is 0.310 e. The van der Waals surface area contributed by atoms with Gasteiger partial charge in [-0.05, 0) is 24.5 Å². The summed E-state index contributed by atoms with van der Waals surface area (Å²) in [6, 6.07) is 7.55. The van der Waals surface area contributed by atoms with Crippen LogP contribution in [0.1, 0.15) is 30.4 Å². The summed E-state index contributed by atoms with van der Waals surface area (Å²) in [7, 11) is 0. The van der Waals surface area contributed by atoms with Gasteiger partial charge in [-0.2, -0.15) is 0 Å². The van der Waals surface area contributed by atoms with Crippen molar-refractivity contribution in [2.75, 3.05) is 5.75 Å². The van der Waals surface area contributed by atoms with Crippen LogP contribution in [0.5, 0.6) is 0 Å². The Kier molecular flexibility index (Phi) is 4.07. The van der Waals surface area contributed by atoms with E-state index in [-0.39, 0.29) is 5.25 Å². The first-order chi connectivity index (χ1) is 8.58. The number of thioether (sulfide) groups is 1. The molecule has 0 aromatic heterocycles. The van der Waals surface area contributed by atoms with Gasteiger partial charge in [-0.25, -0.2) is 0 Å². The van der Waals surface area contributed by atoms with E-state index < -0.39 is 11.9 Å². The van der Waals surface area contributed by atoms with Gasteiger partial charge >= 0.3 is 5.97 Å². The lowest BCUT2D eigenvalue weighted by Crippen LogP contribution is -2.13. The summed E-state index contributed by atoms with van der Waals surface area (Å²) in [4.78, 5) is 22.4. The zero-order chi connectivity index (χ0) is 13.1. The maximum absolute atomic E-state index is 11.5. The van der Waals surface area contributed by atoms with Crippen LogP contribution in [0.4, 0.5) is 0 Å². The topological polar surface area (TPSA) is 54.4 Å². The fourth-order valence-corrected chi connectivity index (χ4v) is 3.25. The van der Waals surface area contributed by atoms with Crippen molar-refractivity contribution in [3.05, 3.63) is 35.4 Å². The standard InChI is InChI=1S/C14H16O3S/c1-9(14(16)17)11-4-2-10(3-5-11)8-13-12(15)6-7-18-13/h2-5,9,13H,6-8H2,1H3,(H,16,17). The minimum Gasteiger partial charge on any atom is -0.481 e. The molecule has 2 unspecified atom stereocenters. The number of carbonyl (C=O) groups excluding carboxylic acids is 1. The van der Waals surface area contributed by atoms with Crippen LogP contribution in [-0.4, -0.2) is 27.9 Å². The summed E-state index contributed by atoms with van der Waals surface area (Å²) in [5, 5.41) is 9.01. The molecule has 1 aromatic rings. The van der Waals surface area contributed by atoms with E-state index in [1.807, 2.05) is 24.3 Å². The Balaban J connectivity index is 2.03. The molecule has 0 spiro atoms. The highest BCUT2D eigenvalue weighted by molar-refractivity contribution is 8.01. The van der Waals surface area contributed by atoms with Crippen molar-refractivity contribution in [3.63, 3.8) is 0 Å². The van der Waals surface area contributed by atoms with E-state index in [0.717, 1.165) is 23.3 Å². The van der Waals surface area contributed by atoms with Crippen molar-refractivity contribution < 1.29 is 14.7 Å². The fourth-order valence-electron chi connectivity index (χ4n) is 2.03. The molecular weight excluding hydrogens is 248 g/mol. The van der Waals surface area contributed by atoms with Crippen molar-refractivity contribution in [1.82, 2.24) is 0 Å². The van der Waals surface area contributed by atoms with E-state index in [9.17, 15) is 9.59 Å². The second-order valence-electron chi connectivity index (χ2n) is 4.58. The van der Waals surface area contributed by atoms with Gasteiger partial charge in [-0.1, -0.05) is 24.3 Å². The van der Waals surface area contributed by atoms with Crippen LogP contribution in [0, 0.1) is 0 Å². The molecule has 1 heterocycles. The molecule has 96 valence electrons. The fraction of sp³-hybridized carbons (Fsp3) is 0.429. The van der Waals surface area contributed by atoms with Crippen molar-refractivity contribution in [3.8, 4) is 0 Å². The Morgan fingerprint density at radius 2 is 2.11 bits per heavy atom. The van der Waals surface area contributed by atoms with Crippen LogP contribution in [0.3, 0.4) is 0 Å². The van der Waals surface area contributed by atoms with E-state index in [0.29, 0.717) is 12.2 Å². The summed E-state index contributed by atoms with van der Waals surface area (Å²) in [5.74, 6) is -0.0359. The average molecular weight is 264 g/mol. The predicted molar refractivity (Wildman–Crippen MR) is 72.1 cm³/mol. The van der Waals surface area contributed by atoms with Crippen molar-refractivity contribution >= 4 is 23.5 Å². The van der Waals surface area contributed by atoms with Crippen molar-refractivity contribution in [1.29, 1.82) is 0 Å². The number of hydrogen-bond donors (Lipinski definition) is 1. The lowest BCUT2D eigenvalue weighted by Gasteiger charge is -2.10. The first kappa shape index (κ1) is 13.1. The maximum atomic E-state index is 11.5. The second kappa shape index (κ2) is 5.57. The maximum Gasteiger partial charge on any atom is 0.310 e. The van der Waals surface area contributed by atoms with E-state index in [2.05, 4.69) is 0 Å². The van der Waals surface area contributed by atoms with Gasteiger partial charge in [0.15, 0.2) is 0 Å². The molecule has 1 aromatic carbocycles. The Morgan fingerprint density at radius 1 is 1.44 bits per heavy atom. The van der Waals surface area contributed by atoms with E-state index >= 15 is 0 Å². The van der Waals surface area contributed by atoms with E-state index in [1.54, 1.807) is 18.7 Å². The number of carboxylic acids is 1. The van der Waals surface area contributed by atoms with E-state index in [4.69, 9.17) is 5.11 Å². The first-order valence-corrected chi connectivity index (χ1v) is 7.09. The normalized spacial score (nSPS) is 20.9. The summed E-state index contributed by atoms with van der Waals surface area (Å²) >= 11 is 1.72. The first-order valence-electron chi connectivity index (χ1n) is 6.04. The molecule has 0 radical (unpaired) electrons. The molecule has 1 N–H and O–H groups in total. The third-order valence-corrected chi connectivity index (χ3v) is 4.57. The Hall–Kier alpha value is -1.29. The van der Waals surface area contributed by atoms with Crippen molar-refractivity contribution in [2.45, 2.75) is 30.9 Å². The van der Waals surface area contributed by atoms with E-state index in [1.165, 1.54) is 0 Å². The zero-order valence-electron chi connectivity index (χ0n) is 10.3. The highest BCUT2D eigenvalue weighted by Gasteiger charge is 2.25. The highest BCUT2D eigenvalue weighted by Crippen LogP contribution is 2.26. The van der Waals surface area contributed by atoms with Crippen LogP contribution in [-0.2, 0) is 16.0 Å². The van der Waals surface area contributed by atoms with Crippen molar-refractivity contribution in [2.24, 2.45) is 0 Å². The predicted octanol–water partition coefficient (Wildman–Crippen LogP) is 2.49. The van der Waals surface area contributed by atoms with Gasteiger partial charge < -0.3 is 5.11 Å². The molecule has 1 saturated heterocycles. The lowest BCUT2D eigenvalue weighted by molar-refractivity contribution is -0.138. The minimum atomic E-state index is -0.815. The zero-order valence-corrected chi connectivity index (χ0v) is 11.1. The molecular formula is C14H16O3S. The molecule has 18 heavy (non-hydrogen) atoms. The largest absolute Gasteiger partial charge is 0.481 e. The Morgan fingerprint density at radius 3 is 2.61 bits per heavy atom. The summed E-state index contributed by atoms with van der Waals surface area (Å²) in [5.41, 5.74) is 1.90. The molecule has 2 rings (SSSR count). The molecule has 3 nitrogen and oxygen atoms in total. The molecule has 1 aliphatic rings. The summed E-state index contributed by atoms with van der Waals surface area (Å²) in [6.45, 7) is 1.67. The molecule has 1 aliphatic heterocycles. The average Bonchev–Trinajstić information content (AvgIpc) is 2.75. The van der Waals surface area contributed by atoms with Gasteiger partial charge in [0.25, 0.3) is 0 Å². The molecule has 1 fully saturated rings. The number of carbonyl (C=O) groups is 2. The lowest BCUT2D eigenvalue weighted by atomic mass is 9.98. The van der Waals surface area contributed by atoms with Gasteiger partial charge in [0.2, 0.25) is 0 Å². The number of carboxylic acid groups (broad SMARTS) is 1. The third-order valence-electron chi connectivity index (χ3n) is 3.30. The number of hydrogen-bond acceptors (Lipinski definition) is 3. The Bertz CT molecular complexity index is 453. The number of benzene rings is 1. The quantitative estimate of drug-likeness (QED) is 0.907. The number of rotatable bonds is 4. The third kappa shape index (κ3) is 2.93. The van der Waals surface area contributed by atoms with Crippen LogP contribution >= 0.6 is 11.8 Å². The Labute approximate surface area is 111 Å². The van der Waals surface area contributed by atoms with Gasteiger partial charge in [0.05, 0.1) is 11.2 Å². The molecule has 0 aliphatic carbocycles. The monoisotopic (exact) mass is 264 g/mol. The summed E-state index contributed by atoms with van der Waals surface area (Å²) < 4.78 is 0. The number of Topliss-reactive ketones (excluding diaryl/α,β-unsaturated/α-hetero) is 1. The van der Waals surface area contributed by atoms with Crippen LogP contribution in [0.15, 0.2) is 24.3 Å². The van der Waals surface area contributed by atoms with Gasteiger partial charge in [-0.3, -0.25) is 9.59 Å². The number of ketones is 1. The SMILES string of the molecule is CC(C(=O)O)c1ccc(CC2SCCC2=O)cc1. The highest BCUT2D eigenvalue weighted by atomic mass is 32.2. The summed E-state index contributed by atoms with van der Waals surface area (Å²) in [6.07, 6.45) is 1.44. The van der Waals surface area contributed by atoms with Crippen LogP contribution in [0.25, 0.3) is 0 Å². The van der Waals surface area contributed by atoms with Gasteiger partial charge in [0, 0.05) is 12.2 Å². The van der Waals surface area contributed by atoms with Crippen LogP contribution < -0.4 is 0 Å². The second-order valence-corrected chi connectivity index (χ2v) is 5.89. The van der Waals surface area contributed by atoms with Gasteiger partial charge in [0.1, 0.15) is 5.78 Å². The van der Waals surface area contributed by atoms with Crippen LogP contribution in [0.2, 0.25) is 0 Å². The molecule has 2 atom stereocenters. The minimum absolute atomic E-state index is 0.0905. The molecule has 4 heteroatoms. The number of aliphatic carboxylic acids is 1. The van der Waals surface area contributed by atoms with Gasteiger partial charge in [-0.15, -0.1) is 11.8 Å². The molecule has 0 saturated carbocycles. The molecule has 0 bridgehead atoms.